The van der Waals surface area contributed by atoms with Gasteiger partial charge in [0.2, 0.25) is 0 Å². The summed E-state index contributed by atoms with van der Waals surface area (Å²) in [6.07, 6.45) is 2.19. The number of hydrogen-bond acceptors (Lipinski definition) is 6. The number of nitrogens with zero attached hydrogens (tertiary/aromatic N) is 4. The lowest BCUT2D eigenvalue weighted by Gasteiger charge is -2.27. The number of carbonyl (C=O) groups excluding carboxylic acids is 1. The minimum Gasteiger partial charge on any atom is -0.378 e. The number of rotatable bonds is 5. The Labute approximate surface area is 174 Å². The van der Waals surface area contributed by atoms with Crippen LogP contribution in [0.2, 0.25) is 5.15 Å². The zero-order valence-electron chi connectivity index (χ0n) is 15.6. The summed E-state index contributed by atoms with van der Waals surface area (Å²) in [6.45, 7) is 4.72. The van der Waals surface area contributed by atoms with E-state index in [0.717, 1.165) is 56.0 Å². The molecule has 0 saturated carbocycles. The molecular formula is C20H23ClN4O2S. The Bertz CT molecular complexity index is 839. The van der Waals surface area contributed by atoms with Crippen molar-refractivity contribution in [3.8, 4) is 0 Å². The van der Waals surface area contributed by atoms with Gasteiger partial charge in [-0.15, -0.1) is 0 Å². The van der Waals surface area contributed by atoms with Crippen molar-refractivity contribution < 1.29 is 9.53 Å². The molecule has 2 aliphatic rings. The molecule has 3 heterocycles. The third-order valence-corrected chi connectivity index (χ3v) is 6.04. The van der Waals surface area contributed by atoms with Gasteiger partial charge in [-0.1, -0.05) is 35.5 Å². The summed E-state index contributed by atoms with van der Waals surface area (Å²) in [6, 6.07) is 9.63. The standard InChI is InChI=1S/C20H23ClN4O2S/c21-17-13-18(24-8-10-27-11-9-24)23-20(22-17)28-14-15-4-3-5-16(12-15)19(26)25-6-1-2-7-25/h3-5,12-13H,1-2,6-11,14H2. The van der Waals surface area contributed by atoms with E-state index in [1.807, 2.05) is 29.2 Å². The van der Waals surface area contributed by atoms with Gasteiger partial charge in [-0.25, -0.2) is 9.97 Å². The van der Waals surface area contributed by atoms with E-state index < -0.39 is 0 Å². The Morgan fingerprint density at radius 2 is 1.89 bits per heavy atom. The Hall–Kier alpha value is -1.83. The fourth-order valence-electron chi connectivity index (χ4n) is 3.45. The summed E-state index contributed by atoms with van der Waals surface area (Å²) in [4.78, 5) is 25.7. The molecule has 0 radical (unpaired) electrons. The Morgan fingerprint density at radius 1 is 1.11 bits per heavy atom. The Morgan fingerprint density at radius 3 is 2.68 bits per heavy atom. The lowest BCUT2D eigenvalue weighted by molar-refractivity contribution is 0.0792. The predicted octanol–water partition coefficient (Wildman–Crippen LogP) is 3.49. The van der Waals surface area contributed by atoms with Crippen LogP contribution < -0.4 is 4.90 Å². The van der Waals surface area contributed by atoms with E-state index >= 15 is 0 Å². The van der Waals surface area contributed by atoms with Gasteiger partial charge in [0.25, 0.3) is 5.91 Å². The highest BCUT2D eigenvalue weighted by Gasteiger charge is 2.19. The molecule has 1 aromatic heterocycles. The summed E-state index contributed by atoms with van der Waals surface area (Å²) in [7, 11) is 0. The highest BCUT2D eigenvalue weighted by atomic mass is 35.5. The van der Waals surface area contributed by atoms with Crippen molar-refractivity contribution in [2.45, 2.75) is 23.8 Å². The van der Waals surface area contributed by atoms with E-state index in [2.05, 4.69) is 14.9 Å². The first-order valence-corrected chi connectivity index (χ1v) is 10.9. The highest BCUT2D eigenvalue weighted by molar-refractivity contribution is 7.98. The minimum atomic E-state index is 0.123. The van der Waals surface area contributed by atoms with Crippen LogP contribution in [0.1, 0.15) is 28.8 Å². The van der Waals surface area contributed by atoms with Crippen LogP contribution in [0.15, 0.2) is 35.5 Å². The highest BCUT2D eigenvalue weighted by Crippen LogP contribution is 2.25. The van der Waals surface area contributed by atoms with Gasteiger partial charge in [-0.2, -0.15) is 0 Å². The van der Waals surface area contributed by atoms with Crippen LogP contribution in [-0.4, -0.2) is 60.2 Å². The van der Waals surface area contributed by atoms with Gasteiger partial charge in [-0.3, -0.25) is 4.79 Å². The molecule has 2 aromatic rings. The molecule has 0 spiro atoms. The van der Waals surface area contributed by atoms with Crippen molar-refractivity contribution in [3.63, 3.8) is 0 Å². The molecule has 2 saturated heterocycles. The van der Waals surface area contributed by atoms with Crippen LogP contribution in [-0.2, 0) is 10.5 Å². The quantitative estimate of drug-likeness (QED) is 0.421. The second-order valence-electron chi connectivity index (χ2n) is 6.92. The number of hydrogen-bond donors (Lipinski definition) is 0. The molecular weight excluding hydrogens is 396 g/mol. The number of carbonyl (C=O) groups is 1. The maximum atomic E-state index is 12.6. The summed E-state index contributed by atoms with van der Waals surface area (Å²) < 4.78 is 5.40. The Balaban J connectivity index is 1.43. The average molecular weight is 419 g/mol. The van der Waals surface area contributed by atoms with Gasteiger partial charge < -0.3 is 14.5 Å². The molecule has 4 rings (SSSR count). The Kier molecular flexibility index (Phi) is 6.34. The molecule has 2 aliphatic heterocycles. The fourth-order valence-corrected chi connectivity index (χ4v) is 4.47. The van der Waals surface area contributed by atoms with Crippen molar-refractivity contribution in [1.82, 2.24) is 14.9 Å². The zero-order chi connectivity index (χ0) is 19.3. The maximum Gasteiger partial charge on any atom is 0.253 e. The van der Waals surface area contributed by atoms with E-state index in [0.29, 0.717) is 29.3 Å². The van der Waals surface area contributed by atoms with Crippen LogP contribution in [0.4, 0.5) is 5.82 Å². The van der Waals surface area contributed by atoms with Crippen molar-refractivity contribution in [2.75, 3.05) is 44.3 Å². The maximum absolute atomic E-state index is 12.6. The molecule has 1 amide bonds. The first-order valence-electron chi connectivity index (χ1n) is 9.57. The van der Waals surface area contributed by atoms with E-state index in [-0.39, 0.29) is 5.91 Å². The van der Waals surface area contributed by atoms with Gasteiger partial charge in [0.1, 0.15) is 11.0 Å². The molecule has 0 bridgehead atoms. The summed E-state index contributed by atoms with van der Waals surface area (Å²) >= 11 is 7.75. The number of morpholine rings is 1. The topological polar surface area (TPSA) is 58.6 Å². The van der Waals surface area contributed by atoms with Crippen LogP contribution >= 0.6 is 23.4 Å². The van der Waals surface area contributed by atoms with Gasteiger partial charge >= 0.3 is 0 Å². The summed E-state index contributed by atoms with van der Waals surface area (Å²) in [5, 5.41) is 1.09. The van der Waals surface area contributed by atoms with E-state index in [1.165, 1.54) is 11.8 Å². The van der Waals surface area contributed by atoms with Gasteiger partial charge in [0.05, 0.1) is 13.2 Å². The van der Waals surface area contributed by atoms with Crippen LogP contribution in [0.25, 0.3) is 0 Å². The summed E-state index contributed by atoms with van der Waals surface area (Å²) in [5.41, 5.74) is 1.83. The van der Waals surface area contributed by atoms with Gasteiger partial charge in [0.15, 0.2) is 5.16 Å². The number of anilines is 1. The number of amides is 1. The molecule has 0 N–H and O–H groups in total. The first kappa shape index (κ1) is 19.5. The van der Waals surface area contributed by atoms with Gasteiger partial charge in [0, 0.05) is 43.6 Å². The van der Waals surface area contributed by atoms with E-state index in [1.54, 1.807) is 6.07 Å². The number of ether oxygens (including phenoxy) is 1. The number of benzene rings is 1. The number of aromatic nitrogens is 2. The van der Waals surface area contributed by atoms with E-state index in [9.17, 15) is 4.79 Å². The SMILES string of the molecule is O=C(c1cccc(CSc2nc(Cl)cc(N3CCOCC3)n2)c1)N1CCCC1. The largest absolute Gasteiger partial charge is 0.378 e. The molecule has 148 valence electrons. The lowest BCUT2D eigenvalue weighted by Crippen LogP contribution is -2.36. The molecule has 1 aromatic carbocycles. The van der Waals surface area contributed by atoms with Gasteiger partial charge in [-0.05, 0) is 30.5 Å². The average Bonchev–Trinajstić information content (AvgIpc) is 3.27. The van der Waals surface area contributed by atoms with Crippen molar-refractivity contribution >= 4 is 35.1 Å². The van der Waals surface area contributed by atoms with Crippen molar-refractivity contribution in [2.24, 2.45) is 0 Å². The molecule has 28 heavy (non-hydrogen) atoms. The third-order valence-electron chi connectivity index (χ3n) is 4.93. The van der Waals surface area contributed by atoms with Crippen molar-refractivity contribution in [3.05, 3.63) is 46.6 Å². The second kappa shape index (κ2) is 9.11. The third kappa shape index (κ3) is 4.77. The normalized spacial score (nSPS) is 17.2. The monoisotopic (exact) mass is 418 g/mol. The summed E-state index contributed by atoms with van der Waals surface area (Å²) in [5.74, 6) is 1.64. The smallest absolute Gasteiger partial charge is 0.253 e. The zero-order valence-corrected chi connectivity index (χ0v) is 17.2. The number of halogens is 1. The number of thioether (sulfide) groups is 1. The van der Waals surface area contributed by atoms with Crippen molar-refractivity contribution in [1.29, 1.82) is 0 Å². The molecule has 0 aliphatic carbocycles. The molecule has 0 atom stereocenters. The van der Waals surface area contributed by atoms with Crippen LogP contribution in [0, 0.1) is 0 Å². The second-order valence-corrected chi connectivity index (χ2v) is 8.25. The van der Waals surface area contributed by atoms with Crippen LogP contribution in [0.3, 0.4) is 0 Å². The van der Waals surface area contributed by atoms with Crippen LogP contribution in [0.5, 0.6) is 0 Å². The minimum absolute atomic E-state index is 0.123. The fraction of sp³-hybridized carbons (Fsp3) is 0.450. The number of likely N-dealkylation sites (tertiary alicyclic amines) is 1. The molecule has 2 fully saturated rings. The molecule has 0 unspecified atom stereocenters. The van der Waals surface area contributed by atoms with E-state index in [4.69, 9.17) is 16.3 Å². The molecule has 8 heteroatoms. The molecule has 6 nitrogen and oxygen atoms in total. The lowest BCUT2D eigenvalue weighted by atomic mass is 10.1. The first-order chi connectivity index (χ1) is 13.7. The predicted molar refractivity (Wildman–Crippen MR) is 111 cm³/mol.